The molecule has 4 heteroatoms. The average molecular weight is 837 g/mol. The summed E-state index contributed by atoms with van der Waals surface area (Å²) in [5, 5.41) is 3.46. The Kier molecular flexibility index (Phi) is 7.82. The lowest BCUT2D eigenvalue weighted by Crippen LogP contribution is -2.18. The fraction of sp³-hybridized carbons (Fsp3) is 0.0984. The van der Waals surface area contributed by atoms with Gasteiger partial charge in [-0.25, -0.2) is 0 Å². The summed E-state index contributed by atoms with van der Waals surface area (Å²) in [6.07, 6.45) is 0. The molecule has 0 fully saturated rings. The van der Waals surface area contributed by atoms with Gasteiger partial charge in [-0.3, -0.25) is 4.79 Å². The number of hydrogen-bond acceptors (Lipinski definition) is 3. The molecule has 65 heavy (non-hydrogen) atoms. The van der Waals surface area contributed by atoms with Gasteiger partial charge in [0, 0.05) is 44.4 Å². The summed E-state index contributed by atoms with van der Waals surface area (Å²) in [7, 11) is 0. The fourth-order valence-corrected chi connectivity index (χ4v) is 11.3. The Bertz CT molecular complexity index is 3760. The molecule has 4 nitrogen and oxygen atoms in total. The monoisotopic (exact) mass is 836 g/mol. The van der Waals surface area contributed by atoms with Gasteiger partial charge in [0.05, 0.1) is 21.8 Å². The van der Waals surface area contributed by atoms with Crippen LogP contribution in [-0.4, -0.2) is 4.57 Å². The minimum absolute atomic E-state index is 0.0141. The normalized spacial score (nSPS) is 14.2. The summed E-state index contributed by atoms with van der Waals surface area (Å²) < 4.78 is 8.72. The largest absolute Gasteiger partial charge is 0.456 e. The van der Waals surface area contributed by atoms with Crippen molar-refractivity contribution in [3.05, 3.63) is 227 Å². The molecule has 0 unspecified atom stereocenters. The predicted octanol–water partition coefficient (Wildman–Crippen LogP) is 15.8. The lowest BCUT2D eigenvalue weighted by Gasteiger charge is -2.30. The number of nitrogens with zero attached hydrogens (tertiary/aromatic N) is 2. The molecule has 0 saturated heterocycles. The first-order chi connectivity index (χ1) is 31.6. The van der Waals surface area contributed by atoms with Gasteiger partial charge in [-0.15, -0.1) is 0 Å². The van der Waals surface area contributed by atoms with Crippen molar-refractivity contribution in [2.24, 2.45) is 0 Å². The standard InChI is InChI=1S/C61H44N2O2/c1-60(2)51-19-11-8-16-43(51)45-28-24-41(35-53(45)60)62(42-25-29-46-44-17-9-12-20-52(44)61(3,4)54(46)36-42)40-26-31-56-50(34-40)49-32-37(23-30-55(49)63(56)39-14-6-5-7-15-39)38-22-27-48-58(33-38)65-57-21-13-10-18-47(57)59(48)64/h5-36H,1-4H3. The van der Waals surface area contributed by atoms with E-state index in [1.54, 1.807) is 0 Å². The first-order valence-corrected chi connectivity index (χ1v) is 22.5. The summed E-state index contributed by atoms with van der Waals surface area (Å²) in [5.74, 6) is 0. The third-order valence-electron chi connectivity index (χ3n) is 14.6. The number of para-hydroxylation sites is 2. The van der Waals surface area contributed by atoms with Crippen molar-refractivity contribution < 1.29 is 4.42 Å². The van der Waals surface area contributed by atoms with Gasteiger partial charge in [0.2, 0.25) is 5.43 Å². The van der Waals surface area contributed by atoms with E-state index < -0.39 is 0 Å². The second-order valence-corrected chi connectivity index (χ2v) is 18.9. The van der Waals surface area contributed by atoms with Crippen molar-refractivity contribution in [1.29, 1.82) is 0 Å². The van der Waals surface area contributed by atoms with E-state index in [1.807, 2.05) is 42.5 Å². The number of hydrogen-bond donors (Lipinski definition) is 0. The molecular formula is C61H44N2O2. The molecular weight excluding hydrogens is 793 g/mol. The van der Waals surface area contributed by atoms with Crippen LogP contribution in [0.5, 0.6) is 0 Å². The molecule has 11 aromatic rings. The van der Waals surface area contributed by atoms with E-state index in [4.69, 9.17) is 4.42 Å². The number of rotatable bonds is 5. The van der Waals surface area contributed by atoms with Crippen molar-refractivity contribution >= 4 is 60.8 Å². The molecule has 0 N–H and O–H groups in total. The van der Waals surface area contributed by atoms with Crippen LogP contribution >= 0.6 is 0 Å². The topological polar surface area (TPSA) is 38.4 Å². The third kappa shape index (κ3) is 5.41. The van der Waals surface area contributed by atoms with Crippen LogP contribution in [0, 0.1) is 0 Å². The van der Waals surface area contributed by atoms with Crippen LogP contribution in [0.3, 0.4) is 0 Å². The molecule has 0 spiro atoms. The number of anilines is 3. The lowest BCUT2D eigenvalue weighted by molar-refractivity contribution is 0.659. The van der Waals surface area contributed by atoms with Gasteiger partial charge in [0.1, 0.15) is 11.2 Å². The molecule has 0 radical (unpaired) electrons. The molecule has 9 aromatic carbocycles. The lowest BCUT2D eigenvalue weighted by atomic mass is 9.82. The minimum Gasteiger partial charge on any atom is -0.456 e. The van der Waals surface area contributed by atoms with Gasteiger partial charge in [-0.2, -0.15) is 0 Å². The quantitative estimate of drug-likeness (QED) is 0.162. The van der Waals surface area contributed by atoms with Crippen LogP contribution in [0.4, 0.5) is 17.1 Å². The van der Waals surface area contributed by atoms with Crippen molar-refractivity contribution in [3.8, 4) is 39.1 Å². The zero-order valence-electron chi connectivity index (χ0n) is 36.7. The number of benzene rings is 9. The van der Waals surface area contributed by atoms with Crippen molar-refractivity contribution in [2.75, 3.05) is 4.90 Å². The van der Waals surface area contributed by atoms with Crippen molar-refractivity contribution in [1.82, 2.24) is 4.57 Å². The van der Waals surface area contributed by atoms with Crippen LogP contribution in [0.1, 0.15) is 49.9 Å². The molecule has 13 rings (SSSR count). The van der Waals surface area contributed by atoms with Crippen molar-refractivity contribution in [2.45, 2.75) is 38.5 Å². The maximum Gasteiger partial charge on any atom is 0.200 e. The SMILES string of the molecule is CC1(C)c2ccccc2-c2ccc(N(c3ccc4c(c3)C(C)(C)c3ccccc3-4)c3ccc4c(c3)c3cc(-c5ccc6c(=O)c7ccccc7oc6c5)ccc3n4-c3ccccc3)cc21. The molecule has 2 aliphatic carbocycles. The average Bonchev–Trinajstić information content (AvgIpc) is 3.88. The van der Waals surface area contributed by atoms with E-state index in [1.165, 1.54) is 44.5 Å². The van der Waals surface area contributed by atoms with Crippen LogP contribution in [0.15, 0.2) is 203 Å². The number of aromatic nitrogens is 1. The Morgan fingerprint density at radius 2 is 0.892 bits per heavy atom. The maximum absolute atomic E-state index is 13.5. The second kappa shape index (κ2) is 13.5. The van der Waals surface area contributed by atoms with Crippen LogP contribution in [0.25, 0.3) is 82.8 Å². The molecule has 2 aromatic heterocycles. The minimum atomic E-state index is -0.156. The Morgan fingerprint density at radius 1 is 0.400 bits per heavy atom. The summed E-state index contributed by atoms with van der Waals surface area (Å²) >= 11 is 0. The first kappa shape index (κ1) is 37.6. The molecule has 2 heterocycles. The Labute approximate surface area is 377 Å². The van der Waals surface area contributed by atoms with Gasteiger partial charge >= 0.3 is 0 Å². The van der Waals surface area contributed by atoms with Crippen LogP contribution in [0.2, 0.25) is 0 Å². The highest BCUT2D eigenvalue weighted by Gasteiger charge is 2.38. The smallest absolute Gasteiger partial charge is 0.200 e. The fourth-order valence-electron chi connectivity index (χ4n) is 11.3. The van der Waals surface area contributed by atoms with Gasteiger partial charge in [-0.05, 0) is 147 Å². The molecule has 0 aliphatic heterocycles. The highest BCUT2D eigenvalue weighted by molar-refractivity contribution is 6.12. The molecule has 0 saturated carbocycles. The Hall–Kier alpha value is -7.95. The second-order valence-electron chi connectivity index (χ2n) is 18.9. The predicted molar refractivity (Wildman–Crippen MR) is 270 cm³/mol. The van der Waals surface area contributed by atoms with Crippen molar-refractivity contribution in [3.63, 3.8) is 0 Å². The first-order valence-electron chi connectivity index (χ1n) is 22.5. The highest BCUT2D eigenvalue weighted by atomic mass is 16.3. The van der Waals surface area contributed by atoms with Crippen LogP contribution < -0.4 is 10.3 Å². The van der Waals surface area contributed by atoms with E-state index in [0.29, 0.717) is 21.9 Å². The van der Waals surface area contributed by atoms with Gasteiger partial charge in [0.15, 0.2) is 0 Å². The molecule has 0 amide bonds. The molecule has 0 atom stereocenters. The zero-order chi connectivity index (χ0) is 43.8. The summed E-state index contributed by atoms with van der Waals surface area (Å²) in [5.41, 5.74) is 20.2. The van der Waals surface area contributed by atoms with E-state index in [0.717, 1.165) is 55.7 Å². The zero-order valence-corrected chi connectivity index (χ0v) is 36.7. The summed E-state index contributed by atoms with van der Waals surface area (Å²) in [6, 6.07) is 69.6. The summed E-state index contributed by atoms with van der Waals surface area (Å²) in [6.45, 7) is 9.42. The van der Waals surface area contributed by atoms with Gasteiger partial charge < -0.3 is 13.9 Å². The molecule has 310 valence electrons. The Balaban J connectivity index is 1.03. The third-order valence-corrected chi connectivity index (χ3v) is 14.6. The summed E-state index contributed by atoms with van der Waals surface area (Å²) in [4.78, 5) is 16.0. The Morgan fingerprint density at radius 3 is 1.57 bits per heavy atom. The highest BCUT2D eigenvalue weighted by Crippen LogP contribution is 2.53. The number of fused-ring (bicyclic) bond motifs is 11. The van der Waals surface area contributed by atoms with Gasteiger partial charge in [0.25, 0.3) is 0 Å². The van der Waals surface area contributed by atoms with E-state index in [-0.39, 0.29) is 16.3 Å². The van der Waals surface area contributed by atoms with E-state index in [2.05, 4.69) is 189 Å². The van der Waals surface area contributed by atoms with E-state index >= 15 is 0 Å². The maximum atomic E-state index is 13.5. The molecule has 0 bridgehead atoms. The van der Waals surface area contributed by atoms with Gasteiger partial charge in [-0.1, -0.05) is 131 Å². The molecule has 2 aliphatic rings. The van der Waals surface area contributed by atoms with Crippen LogP contribution in [-0.2, 0) is 10.8 Å². The van der Waals surface area contributed by atoms with E-state index in [9.17, 15) is 4.79 Å².